The third-order valence-electron chi connectivity index (χ3n) is 6.19. The van der Waals surface area contributed by atoms with Crippen molar-refractivity contribution in [2.75, 3.05) is 27.4 Å². The Kier molecular flexibility index (Phi) is 8.99. The first-order chi connectivity index (χ1) is 19.2. The summed E-state index contributed by atoms with van der Waals surface area (Å²) >= 11 is 1.24. The number of rotatable bonds is 10. The predicted octanol–water partition coefficient (Wildman–Crippen LogP) is 4.00. The van der Waals surface area contributed by atoms with E-state index in [2.05, 4.69) is 4.99 Å². The molecule has 0 fully saturated rings. The molecule has 4 rings (SSSR count). The van der Waals surface area contributed by atoms with Gasteiger partial charge >= 0.3 is 5.97 Å². The number of para-hydroxylation sites is 1. The van der Waals surface area contributed by atoms with Crippen LogP contribution in [-0.2, 0) is 9.53 Å². The molecule has 2 heterocycles. The fourth-order valence-corrected chi connectivity index (χ4v) is 5.60. The van der Waals surface area contributed by atoms with Crippen molar-refractivity contribution in [3.63, 3.8) is 0 Å². The van der Waals surface area contributed by atoms with Crippen LogP contribution in [0, 0.1) is 0 Å². The van der Waals surface area contributed by atoms with Gasteiger partial charge in [-0.15, -0.1) is 0 Å². The van der Waals surface area contributed by atoms with E-state index in [-0.39, 0.29) is 23.8 Å². The molecule has 0 N–H and O–H groups in total. The zero-order valence-electron chi connectivity index (χ0n) is 23.8. The van der Waals surface area contributed by atoms with E-state index in [1.807, 2.05) is 39.0 Å². The first-order valence-electron chi connectivity index (χ1n) is 13.1. The number of thiazole rings is 1. The second kappa shape index (κ2) is 12.4. The van der Waals surface area contributed by atoms with E-state index in [1.54, 1.807) is 52.3 Å². The van der Waals surface area contributed by atoms with E-state index >= 15 is 0 Å². The standard InChI is InChI=1S/C30H34N2O7S/c1-8-37-27-20(11-10-12-22(27)35-6)16-24-28(33)32-26(19-13-14-21(39-17(3)4)23(15-19)36-7)25(29(34)38-9-2)18(5)31-30(32)40-24/h10-17,26H,8-9H2,1-7H3/b24-16+/t26-/m0/s1. The van der Waals surface area contributed by atoms with E-state index in [4.69, 9.17) is 23.7 Å². The number of nitrogens with zero attached hydrogens (tertiary/aromatic N) is 2. The molecule has 212 valence electrons. The van der Waals surface area contributed by atoms with Gasteiger partial charge < -0.3 is 23.7 Å². The summed E-state index contributed by atoms with van der Waals surface area (Å²) in [4.78, 5) is 32.3. The minimum atomic E-state index is -0.781. The van der Waals surface area contributed by atoms with E-state index in [9.17, 15) is 9.59 Å². The van der Waals surface area contributed by atoms with Crippen LogP contribution in [-0.4, -0.2) is 44.1 Å². The van der Waals surface area contributed by atoms with Gasteiger partial charge in [0.1, 0.15) is 0 Å². The summed E-state index contributed by atoms with van der Waals surface area (Å²) in [5.74, 6) is 1.63. The van der Waals surface area contributed by atoms with Crippen molar-refractivity contribution < 1.29 is 28.5 Å². The van der Waals surface area contributed by atoms with Gasteiger partial charge in [0.15, 0.2) is 27.8 Å². The number of benzene rings is 2. The minimum Gasteiger partial charge on any atom is -0.493 e. The number of methoxy groups -OCH3 is 2. The average Bonchev–Trinajstić information content (AvgIpc) is 3.23. The Morgan fingerprint density at radius 3 is 2.48 bits per heavy atom. The van der Waals surface area contributed by atoms with Crippen LogP contribution in [0.2, 0.25) is 0 Å². The SMILES string of the molecule is CCOC(=O)C1=C(C)N=c2s/c(=C/c3cccc(OC)c3OCC)c(=O)n2[C@H]1c1ccc(OC(C)C)c(OC)c1. The van der Waals surface area contributed by atoms with Gasteiger partial charge in [0.25, 0.3) is 5.56 Å². The Bertz CT molecular complexity index is 1620. The molecule has 0 saturated heterocycles. The molecule has 40 heavy (non-hydrogen) atoms. The molecule has 1 atom stereocenters. The molecule has 2 aromatic carbocycles. The molecule has 1 aromatic heterocycles. The number of ether oxygens (including phenoxy) is 5. The topological polar surface area (TPSA) is 97.6 Å². The summed E-state index contributed by atoms with van der Waals surface area (Å²) < 4.78 is 30.2. The van der Waals surface area contributed by atoms with Gasteiger partial charge in [-0.05, 0) is 64.5 Å². The van der Waals surface area contributed by atoms with Crippen LogP contribution in [0.25, 0.3) is 6.08 Å². The summed E-state index contributed by atoms with van der Waals surface area (Å²) in [5.41, 5.74) is 1.83. The third kappa shape index (κ3) is 5.62. The number of fused-ring (bicyclic) bond motifs is 1. The monoisotopic (exact) mass is 566 g/mol. The Morgan fingerprint density at radius 1 is 1.07 bits per heavy atom. The largest absolute Gasteiger partial charge is 0.493 e. The maximum Gasteiger partial charge on any atom is 0.338 e. The predicted molar refractivity (Wildman–Crippen MR) is 153 cm³/mol. The van der Waals surface area contributed by atoms with Gasteiger partial charge in [-0.25, -0.2) is 9.79 Å². The van der Waals surface area contributed by atoms with Crippen LogP contribution in [0.5, 0.6) is 23.0 Å². The van der Waals surface area contributed by atoms with Crippen LogP contribution >= 0.6 is 11.3 Å². The van der Waals surface area contributed by atoms with Crippen molar-refractivity contribution in [2.45, 2.75) is 46.8 Å². The third-order valence-corrected chi connectivity index (χ3v) is 7.17. The van der Waals surface area contributed by atoms with Crippen LogP contribution < -0.4 is 33.8 Å². The molecular formula is C30H34N2O7S. The van der Waals surface area contributed by atoms with E-state index in [1.165, 1.54) is 15.9 Å². The fraction of sp³-hybridized carbons (Fsp3) is 0.367. The number of hydrogen-bond acceptors (Lipinski definition) is 9. The zero-order valence-corrected chi connectivity index (χ0v) is 24.6. The van der Waals surface area contributed by atoms with Crippen LogP contribution in [0.15, 0.2) is 57.5 Å². The first kappa shape index (κ1) is 28.9. The van der Waals surface area contributed by atoms with Crippen molar-refractivity contribution in [1.29, 1.82) is 0 Å². The summed E-state index contributed by atoms with van der Waals surface area (Å²) in [7, 11) is 3.12. The number of allylic oxidation sites excluding steroid dienone is 1. The van der Waals surface area contributed by atoms with Crippen molar-refractivity contribution >= 4 is 23.4 Å². The smallest absolute Gasteiger partial charge is 0.338 e. The second-order valence-electron chi connectivity index (χ2n) is 9.19. The van der Waals surface area contributed by atoms with Gasteiger partial charge in [0, 0.05) is 5.56 Å². The van der Waals surface area contributed by atoms with Gasteiger partial charge in [0.2, 0.25) is 0 Å². The van der Waals surface area contributed by atoms with Crippen molar-refractivity contribution in [2.24, 2.45) is 4.99 Å². The molecular weight excluding hydrogens is 532 g/mol. The quantitative estimate of drug-likeness (QED) is 0.342. The molecule has 0 saturated carbocycles. The number of carbonyl (C=O) groups is 1. The maximum atomic E-state index is 14.0. The summed E-state index contributed by atoms with van der Waals surface area (Å²) in [6, 6.07) is 10.1. The Balaban J connectivity index is 1.96. The van der Waals surface area contributed by atoms with Gasteiger partial charge in [-0.1, -0.05) is 29.5 Å². The maximum absolute atomic E-state index is 14.0. The highest BCUT2D eigenvalue weighted by atomic mass is 32.1. The molecule has 1 aliphatic rings. The number of esters is 1. The Morgan fingerprint density at radius 2 is 1.82 bits per heavy atom. The fourth-order valence-electron chi connectivity index (χ4n) is 4.56. The minimum absolute atomic E-state index is 0.0622. The van der Waals surface area contributed by atoms with Crippen molar-refractivity contribution in [1.82, 2.24) is 4.57 Å². The first-order valence-corrected chi connectivity index (χ1v) is 13.9. The summed E-state index contributed by atoms with van der Waals surface area (Å²) in [6.45, 7) is 9.85. The molecule has 3 aromatic rings. The van der Waals surface area contributed by atoms with E-state index in [0.29, 0.717) is 55.8 Å². The van der Waals surface area contributed by atoms with Gasteiger partial charge in [0.05, 0.1) is 55.4 Å². The highest BCUT2D eigenvalue weighted by Gasteiger charge is 2.34. The van der Waals surface area contributed by atoms with Gasteiger partial charge in [-0.2, -0.15) is 0 Å². The lowest BCUT2D eigenvalue weighted by molar-refractivity contribution is -0.139. The van der Waals surface area contributed by atoms with Crippen LogP contribution in [0.3, 0.4) is 0 Å². The molecule has 9 nitrogen and oxygen atoms in total. The lowest BCUT2D eigenvalue weighted by atomic mass is 9.95. The van der Waals surface area contributed by atoms with Gasteiger partial charge in [-0.3, -0.25) is 9.36 Å². The molecule has 0 spiro atoms. The van der Waals surface area contributed by atoms with E-state index < -0.39 is 12.0 Å². The normalized spacial score (nSPS) is 15.0. The number of aromatic nitrogens is 1. The average molecular weight is 567 g/mol. The molecule has 0 amide bonds. The molecule has 1 aliphatic heterocycles. The molecule has 0 aliphatic carbocycles. The Labute approximate surface area is 236 Å². The zero-order chi connectivity index (χ0) is 29.0. The van der Waals surface area contributed by atoms with Crippen LogP contribution in [0.1, 0.15) is 51.8 Å². The number of carbonyl (C=O) groups excluding carboxylic acids is 1. The molecule has 0 radical (unpaired) electrons. The molecule has 10 heteroatoms. The molecule has 0 unspecified atom stereocenters. The highest BCUT2D eigenvalue weighted by Crippen LogP contribution is 2.37. The molecule has 0 bridgehead atoms. The summed E-state index contributed by atoms with van der Waals surface area (Å²) in [6.07, 6.45) is 1.70. The van der Waals surface area contributed by atoms with Crippen molar-refractivity contribution in [3.8, 4) is 23.0 Å². The lowest BCUT2D eigenvalue weighted by Crippen LogP contribution is -2.40. The lowest BCUT2D eigenvalue weighted by Gasteiger charge is -2.25. The Hall–Kier alpha value is -4.05. The van der Waals surface area contributed by atoms with Crippen molar-refractivity contribution in [3.05, 3.63) is 78.5 Å². The van der Waals surface area contributed by atoms with Crippen LogP contribution in [0.4, 0.5) is 0 Å². The number of hydrogen-bond donors (Lipinski definition) is 0. The highest BCUT2D eigenvalue weighted by molar-refractivity contribution is 7.07. The van der Waals surface area contributed by atoms with E-state index in [0.717, 1.165) is 0 Å². The summed E-state index contributed by atoms with van der Waals surface area (Å²) in [5, 5.41) is 0. The second-order valence-corrected chi connectivity index (χ2v) is 10.2.